The number of rotatable bonds is 2. The van der Waals surface area contributed by atoms with E-state index in [1.807, 2.05) is 5.38 Å². The Morgan fingerprint density at radius 1 is 1.31 bits per heavy atom. The minimum atomic E-state index is -0.158. The van der Waals surface area contributed by atoms with Gasteiger partial charge >= 0.3 is 0 Å². The number of halogens is 2. The average molecular weight is 272 g/mol. The molecule has 82 valence electrons. The van der Waals surface area contributed by atoms with E-state index in [9.17, 15) is 4.79 Å². The molecule has 0 saturated carbocycles. The molecule has 2 rings (SSSR count). The van der Waals surface area contributed by atoms with E-state index in [1.165, 1.54) is 23.5 Å². The predicted octanol–water partition coefficient (Wildman–Crippen LogP) is 3.87. The predicted molar refractivity (Wildman–Crippen MR) is 68.6 cm³/mol. The lowest BCUT2D eigenvalue weighted by Crippen LogP contribution is -2.01. The molecule has 1 aromatic heterocycles. The van der Waals surface area contributed by atoms with Crippen molar-refractivity contribution in [3.05, 3.63) is 50.1 Å². The monoisotopic (exact) mass is 271 g/mol. The standard InChI is InChI=1S/C11H7Cl2NOS/c12-8-5-6(14)4-7(10(8)13)11(15)9-2-1-3-16-9/h1-5H,14H2. The molecule has 0 atom stereocenters. The van der Waals surface area contributed by atoms with Gasteiger partial charge in [0.2, 0.25) is 5.78 Å². The highest BCUT2D eigenvalue weighted by atomic mass is 35.5. The maximum Gasteiger partial charge on any atom is 0.204 e. The molecule has 5 heteroatoms. The van der Waals surface area contributed by atoms with Crippen LogP contribution in [0.15, 0.2) is 29.6 Å². The SMILES string of the molecule is Nc1cc(Cl)c(Cl)c(C(=O)c2cccs2)c1. The van der Waals surface area contributed by atoms with E-state index in [4.69, 9.17) is 28.9 Å². The summed E-state index contributed by atoms with van der Waals surface area (Å²) in [5, 5.41) is 2.37. The van der Waals surface area contributed by atoms with Gasteiger partial charge in [0.05, 0.1) is 14.9 Å². The Labute approximate surface area is 107 Å². The molecular formula is C11H7Cl2NOS. The van der Waals surface area contributed by atoms with E-state index in [1.54, 1.807) is 12.1 Å². The zero-order valence-electron chi connectivity index (χ0n) is 8.04. The second-order valence-corrected chi connectivity index (χ2v) is 4.90. The van der Waals surface area contributed by atoms with Crippen LogP contribution in [0.3, 0.4) is 0 Å². The maximum atomic E-state index is 12.0. The molecular weight excluding hydrogens is 265 g/mol. The molecule has 0 bridgehead atoms. The summed E-state index contributed by atoms with van der Waals surface area (Å²) in [6.45, 7) is 0. The van der Waals surface area contributed by atoms with Crippen molar-refractivity contribution in [2.24, 2.45) is 0 Å². The van der Waals surface area contributed by atoms with Gasteiger partial charge < -0.3 is 5.73 Å². The van der Waals surface area contributed by atoms with Gasteiger partial charge in [-0.2, -0.15) is 0 Å². The Bertz CT molecular complexity index is 537. The number of nitrogens with two attached hydrogens (primary N) is 1. The molecule has 2 N–H and O–H groups in total. The van der Waals surface area contributed by atoms with E-state index in [2.05, 4.69) is 0 Å². The molecule has 0 aliphatic heterocycles. The van der Waals surface area contributed by atoms with Crippen molar-refractivity contribution in [1.82, 2.24) is 0 Å². The number of carbonyl (C=O) groups excluding carboxylic acids is 1. The van der Waals surface area contributed by atoms with Gasteiger partial charge in [-0.05, 0) is 23.6 Å². The van der Waals surface area contributed by atoms with E-state index < -0.39 is 0 Å². The molecule has 2 aromatic rings. The molecule has 0 amide bonds. The van der Waals surface area contributed by atoms with Gasteiger partial charge in [-0.3, -0.25) is 4.79 Å². The zero-order chi connectivity index (χ0) is 11.7. The smallest absolute Gasteiger partial charge is 0.204 e. The summed E-state index contributed by atoms with van der Waals surface area (Å²) in [4.78, 5) is 12.7. The van der Waals surface area contributed by atoms with E-state index in [0.717, 1.165) is 0 Å². The maximum absolute atomic E-state index is 12.0. The van der Waals surface area contributed by atoms with Crippen LogP contribution >= 0.6 is 34.5 Å². The summed E-state index contributed by atoms with van der Waals surface area (Å²) in [6.07, 6.45) is 0. The first-order valence-electron chi connectivity index (χ1n) is 4.42. The van der Waals surface area contributed by atoms with Crippen molar-refractivity contribution >= 4 is 46.0 Å². The Morgan fingerprint density at radius 2 is 2.06 bits per heavy atom. The topological polar surface area (TPSA) is 43.1 Å². The van der Waals surface area contributed by atoms with E-state index in [-0.39, 0.29) is 10.8 Å². The molecule has 0 saturated heterocycles. The van der Waals surface area contributed by atoms with Crippen LogP contribution in [0.5, 0.6) is 0 Å². The second kappa shape index (κ2) is 4.45. The van der Waals surface area contributed by atoms with Gasteiger partial charge in [0.25, 0.3) is 0 Å². The molecule has 0 spiro atoms. The Hall–Kier alpha value is -1.03. The summed E-state index contributed by atoms with van der Waals surface area (Å²) in [6, 6.07) is 6.60. The van der Waals surface area contributed by atoms with Crippen molar-refractivity contribution in [3.8, 4) is 0 Å². The van der Waals surface area contributed by atoms with Crippen LogP contribution < -0.4 is 5.73 Å². The zero-order valence-corrected chi connectivity index (χ0v) is 10.4. The highest BCUT2D eigenvalue weighted by molar-refractivity contribution is 7.12. The van der Waals surface area contributed by atoms with Gasteiger partial charge in [0, 0.05) is 11.3 Å². The molecule has 0 fully saturated rings. The van der Waals surface area contributed by atoms with Crippen LogP contribution in [0.2, 0.25) is 10.0 Å². The van der Waals surface area contributed by atoms with Crippen molar-refractivity contribution in [1.29, 1.82) is 0 Å². The number of ketones is 1. The fourth-order valence-corrected chi connectivity index (χ4v) is 2.42. The summed E-state index contributed by atoms with van der Waals surface area (Å²) in [5.74, 6) is -0.158. The largest absolute Gasteiger partial charge is 0.399 e. The molecule has 0 unspecified atom stereocenters. The average Bonchev–Trinajstić information content (AvgIpc) is 2.75. The first kappa shape index (κ1) is 11.5. The van der Waals surface area contributed by atoms with Gasteiger partial charge in [-0.25, -0.2) is 0 Å². The molecule has 2 nitrogen and oxygen atoms in total. The van der Waals surface area contributed by atoms with Crippen molar-refractivity contribution in [2.45, 2.75) is 0 Å². The molecule has 0 aliphatic carbocycles. The molecule has 16 heavy (non-hydrogen) atoms. The summed E-state index contributed by atoms with van der Waals surface area (Å²) < 4.78 is 0. The number of anilines is 1. The third-order valence-electron chi connectivity index (χ3n) is 2.04. The Balaban J connectivity index is 2.52. The molecule has 0 aliphatic rings. The van der Waals surface area contributed by atoms with E-state index >= 15 is 0 Å². The van der Waals surface area contributed by atoms with Crippen LogP contribution in [0.25, 0.3) is 0 Å². The fraction of sp³-hybridized carbons (Fsp3) is 0. The highest BCUT2D eigenvalue weighted by Gasteiger charge is 2.16. The second-order valence-electron chi connectivity index (χ2n) is 3.17. The van der Waals surface area contributed by atoms with Crippen molar-refractivity contribution in [2.75, 3.05) is 5.73 Å². The lowest BCUT2D eigenvalue weighted by atomic mass is 10.1. The van der Waals surface area contributed by atoms with Crippen LogP contribution in [0.1, 0.15) is 15.2 Å². The lowest BCUT2D eigenvalue weighted by Gasteiger charge is -2.05. The van der Waals surface area contributed by atoms with Crippen molar-refractivity contribution in [3.63, 3.8) is 0 Å². The van der Waals surface area contributed by atoms with Crippen LogP contribution in [-0.2, 0) is 0 Å². The number of benzene rings is 1. The first-order chi connectivity index (χ1) is 7.59. The number of hydrogen-bond acceptors (Lipinski definition) is 3. The van der Waals surface area contributed by atoms with Crippen LogP contribution in [-0.4, -0.2) is 5.78 Å². The third kappa shape index (κ3) is 2.07. The van der Waals surface area contributed by atoms with Gasteiger partial charge in [0.15, 0.2) is 0 Å². The quantitative estimate of drug-likeness (QED) is 0.666. The van der Waals surface area contributed by atoms with Gasteiger partial charge in [-0.1, -0.05) is 29.3 Å². The fourth-order valence-electron chi connectivity index (χ4n) is 1.32. The summed E-state index contributed by atoms with van der Waals surface area (Å²) in [5.41, 5.74) is 6.39. The first-order valence-corrected chi connectivity index (χ1v) is 6.06. The lowest BCUT2D eigenvalue weighted by molar-refractivity contribution is 0.104. The minimum absolute atomic E-state index is 0.158. The summed E-state index contributed by atoms with van der Waals surface area (Å²) in [7, 11) is 0. The molecule has 1 heterocycles. The third-order valence-corrected chi connectivity index (χ3v) is 3.71. The Kier molecular flexibility index (Phi) is 3.19. The minimum Gasteiger partial charge on any atom is -0.399 e. The number of nitrogen functional groups attached to an aromatic ring is 1. The van der Waals surface area contributed by atoms with Crippen LogP contribution in [0.4, 0.5) is 5.69 Å². The number of hydrogen-bond donors (Lipinski definition) is 1. The summed E-state index contributed by atoms with van der Waals surface area (Å²) >= 11 is 13.2. The normalized spacial score (nSPS) is 10.4. The Morgan fingerprint density at radius 3 is 2.69 bits per heavy atom. The van der Waals surface area contributed by atoms with Crippen molar-refractivity contribution < 1.29 is 4.79 Å². The number of thiophene rings is 1. The number of carbonyl (C=O) groups is 1. The van der Waals surface area contributed by atoms with E-state index in [0.29, 0.717) is 21.2 Å². The van der Waals surface area contributed by atoms with Gasteiger partial charge in [-0.15, -0.1) is 11.3 Å². The van der Waals surface area contributed by atoms with Crippen LogP contribution in [0, 0.1) is 0 Å². The van der Waals surface area contributed by atoms with Gasteiger partial charge in [0.1, 0.15) is 0 Å². The molecule has 1 aromatic carbocycles. The highest BCUT2D eigenvalue weighted by Crippen LogP contribution is 2.30. The molecule has 0 radical (unpaired) electrons.